The van der Waals surface area contributed by atoms with Crippen molar-refractivity contribution in [1.29, 1.82) is 0 Å². The van der Waals surface area contributed by atoms with Crippen LogP contribution in [0.2, 0.25) is 0 Å². The highest BCUT2D eigenvalue weighted by atomic mass is 16.5. The Kier molecular flexibility index (Phi) is 6.26. The van der Waals surface area contributed by atoms with Crippen molar-refractivity contribution in [3.8, 4) is 0 Å². The van der Waals surface area contributed by atoms with Crippen LogP contribution in [0.15, 0.2) is 0 Å². The molecule has 0 aliphatic heterocycles. The Labute approximate surface area is 94.6 Å². The highest BCUT2D eigenvalue weighted by molar-refractivity contribution is 4.81. The number of nitrogens with two attached hydrogens (primary N) is 1. The molecule has 2 N–H and O–H groups in total. The zero-order valence-electron chi connectivity index (χ0n) is 10.4. The number of hydrogen-bond acceptors (Lipinski definition) is 2. The van der Waals surface area contributed by atoms with Crippen molar-refractivity contribution in [3.05, 3.63) is 0 Å². The van der Waals surface area contributed by atoms with Crippen LogP contribution in [0.1, 0.15) is 58.8 Å². The van der Waals surface area contributed by atoms with E-state index in [2.05, 4.69) is 13.8 Å². The Bertz CT molecular complexity index is 161. The van der Waals surface area contributed by atoms with Gasteiger partial charge in [-0.1, -0.05) is 33.1 Å². The van der Waals surface area contributed by atoms with E-state index in [1.165, 1.54) is 32.1 Å². The second-order valence-electron chi connectivity index (χ2n) is 5.05. The standard InChI is InChI=1S/C13H27NO/c1-3-4-5-6-9-15-13-10-11(2)7-8-12(13)14/h11-13H,3-10,14H2,1-2H3. The molecule has 2 heteroatoms. The minimum atomic E-state index is 0.285. The van der Waals surface area contributed by atoms with E-state index in [9.17, 15) is 0 Å². The molecule has 0 amide bonds. The van der Waals surface area contributed by atoms with E-state index in [0.29, 0.717) is 6.10 Å². The van der Waals surface area contributed by atoms with Crippen LogP contribution in [0.25, 0.3) is 0 Å². The van der Waals surface area contributed by atoms with E-state index in [1.54, 1.807) is 0 Å². The Balaban J connectivity index is 2.08. The Morgan fingerprint density at radius 1 is 1.20 bits per heavy atom. The van der Waals surface area contributed by atoms with Crippen molar-refractivity contribution in [1.82, 2.24) is 0 Å². The molecule has 0 saturated heterocycles. The molecule has 1 saturated carbocycles. The molecule has 0 bridgehead atoms. The summed E-state index contributed by atoms with van der Waals surface area (Å²) in [5.74, 6) is 0.797. The van der Waals surface area contributed by atoms with Gasteiger partial charge in [0.25, 0.3) is 0 Å². The lowest BCUT2D eigenvalue weighted by atomic mass is 9.85. The molecule has 0 heterocycles. The molecule has 2 nitrogen and oxygen atoms in total. The third-order valence-corrected chi connectivity index (χ3v) is 3.43. The van der Waals surface area contributed by atoms with Crippen molar-refractivity contribution in [2.45, 2.75) is 70.9 Å². The Morgan fingerprint density at radius 3 is 2.73 bits per heavy atom. The summed E-state index contributed by atoms with van der Waals surface area (Å²) in [4.78, 5) is 0. The largest absolute Gasteiger partial charge is 0.377 e. The van der Waals surface area contributed by atoms with E-state index in [4.69, 9.17) is 10.5 Å². The summed E-state index contributed by atoms with van der Waals surface area (Å²) in [7, 11) is 0. The first kappa shape index (κ1) is 13.0. The summed E-state index contributed by atoms with van der Waals surface area (Å²) in [6.07, 6.45) is 9.03. The first-order chi connectivity index (χ1) is 7.24. The molecule has 15 heavy (non-hydrogen) atoms. The molecule has 1 aliphatic carbocycles. The van der Waals surface area contributed by atoms with Gasteiger partial charge in [0.15, 0.2) is 0 Å². The number of hydrogen-bond donors (Lipinski definition) is 1. The maximum Gasteiger partial charge on any atom is 0.0728 e. The molecule has 3 atom stereocenters. The van der Waals surface area contributed by atoms with E-state index in [0.717, 1.165) is 25.4 Å². The van der Waals surface area contributed by atoms with Crippen molar-refractivity contribution in [2.24, 2.45) is 11.7 Å². The lowest BCUT2D eigenvalue weighted by Crippen LogP contribution is -2.41. The van der Waals surface area contributed by atoms with Crippen molar-refractivity contribution in [2.75, 3.05) is 6.61 Å². The third-order valence-electron chi connectivity index (χ3n) is 3.43. The molecule has 1 fully saturated rings. The molecule has 0 spiro atoms. The van der Waals surface area contributed by atoms with Crippen LogP contribution in [0.5, 0.6) is 0 Å². The Hall–Kier alpha value is -0.0800. The average Bonchev–Trinajstić information content (AvgIpc) is 2.23. The lowest BCUT2D eigenvalue weighted by Gasteiger charge is -2.32. The topological polar surface area (TPSA) is 35.2 Å². The number of ether oxygens (including phenoxy) is 1. The maximum absolute atomic E-state index is 6.06. The van der Waals surface area contributed by atoms with Gasteiger partial charge in [-0.2, -0.15) is 0 Å². The fourth-order valence-electron chi connectivity index (χ4n) is 2.31. The summed E-state index contributed by atoms with van der Waals surface area (Å²) < 4.78 is 5.89. The maximum atomic E-state index is 6.06. The highest BCUT2D eigenvalue weighted by Crippen LogP contribution is 2.25. The number of unbranched alkanes of at least 4 members (excludes halogenated alkanes) is 3. The van der Waals surface area contributed by atoms with Crippen LogP contribution < -0.4 is 5.73 Å². The molecular formula is C13H27NO. The van der Waals surface area contributed by atoms with Gasteiger partial charge in [-0.3, -0.25) is 0 Å². The van der Waals surface area contributed by atoms with Crippen molar-refractivity contribution >= 4 is 0 Å². The average molecular weight is 213 g/mol. The second kappa shape index (κ2) is 7.24. The summed E-state index contributed by atoms with van der Waals surface area (Å²) >= 11 is 0. The Morgan fingerprint density at radius 2 is 2.00 bits per heavy atom. The third kappa shape index (κ3) is 4.98. The van der Waals surface area contributed by atoms with Crippen molar-refractivity contribution < 1.29 is 4.74 Å². The molecule has 0 aromatic rings. The van der Waals surface area contributed by atoms with Crippen LogP contribution in [0, 0.1) is 5.92 Å². The van der Waals surface area contributed by atoms with Gasteiger partial charge >= 0.3 is 0 Å². The fourth-order valence-corrected chi connectivity index (χ4v) is 2.31. The normalized spacial score (nSPS) is 31.8. The van der Waals surface area contributed by atoms with Crippen LogP contribution in [-0.2, 0) is 4.74 Å². The van der Waals surface area contributed by atoms with Gasteiger partial charge in [0, 0.05) is 12.6 Å². The summed E-state index contributed by atoms with van der Waals surface area (Å²) in [6, 6.07) is 0.285. The predicted octanol–water partition coefficient (Wildman–Crippen LogP) is 3.10. The van der Waals surface area contributed by atoms with E-state index >= 15 is 0 Å². The van der Waals surface area contributed by atoms with E-state index in [1.807, 2.05) is 0 Å². The molecular weight excluding hydrogens is 186 g/mol. The van der Waals surface area contributed by atoms with Crippen LogP contribution in [0.4, 0.5) is 0 Å². The molecule has 0 aromatic heterocycles. The lowest BCUT2D eigenvalue weighted by molar-refractivity contribution is 0.000586. The SMILES string of the molecule is CCCCCCOC1CC(C)CCC1N. The zero-order chi connectivity index (χ0) is 11.1. The number of rotatable bonds is 6. The van der Waals surface area contributed by atoms with Gasteiger partial charge in [-0.05, 0) is 31.6 Å². The minimum Gasteiger partial charge on any atom is -0.377 e. The van der Waals surface area contributed by atoms with Gasteiger partial charge in [0.05, 0.1) is 6.10 Å². The predicted molar refractivity (Wildman–Crippen MR) is 64.9 cm³/mol. The molecule has 1 rings (SSSR count). The van der Waals surface area contributed by atoms with Crippen LogP contribution in [-0.4, -0.2) is 18.8 Å². The summed E-state index contributed by atoms with van der Waals surface area (Å²) in [5, 5.41) is 0. The molecule has 0 radical (unpaired) electrons. The van der Waals surface area contributed by atoms with Crippen molar-refractivity contribution in [3.63, 3.8) is 0 Å². The van der Waals surface area contributed by atoms with Gasteiger partial charge in [0.1, 0.15) is 0 Å². The van der Waals surface area contributed by atoms with Gasteiger partial charge in [-0.15, -0.1) is 0 Å². The first-order valence-electron chi connectivity index (χ1n) is 6.61. The highest BCUT2D eigenvalue weighted by Gasteiger charge is 2.26. The second-order valence-corrected chi connectivity index (χ2v) is 5.05. The van der Waals surface area contributed by atoms with Gasteiger partial charge in [0.2, 0.25) is 0 Å². The quantitative estimate of drug-likeness (QED) is 0.688. The van der Waals surface area contributed by atoms with E-state index in [-0.39, 0.29) is 6.04 Å². The van der Waals surface area contributed by atoms with Crippen LogP contribution in [0.3, 0.4) is 0 Å². The monoisotopic (exact) mass is 213 g/mol. The smallest absolute Gasteiger partial charge is 0.0728 e. The molecule has 1 aliphatic rings. The minimum absolute atomic E-state index is 0.285. The van der Waals surface area contributed by atoms with E-state index < -0.39 is 0 Å². The zero-order valence-corrected chi connectivity index (χ0v) is 10.4. The molecule has 0 aromatic carbocycles. The fraction of sp³-hybridized carbons (Fsp3) is 1.00. The van der Waals surface area contributed by atoms with Crippen LogP contribution >= 0.6 is 0 Å². The van der Waals surface area contributed by atoms with Gasteiger partial charge < -0.3 is 10.5 Å². The summed E-state index contributed by atoms with van der Waals surface area (Å²) in [6.45, 7) is 5.45. The summed E-state index contributed by atoms with van der Waals surface area (Å²) in [5.41, 5.74) is 6.06. The van der Waals surface area contributed by atoms with Gasteiger partial charge in [-0.25, -0.2) is 0 Å². The molecule has 90 valence electrons. The molecule has 3 unspecified atom stereocenters. The first-order valence-corrected chi connectivity index (χ1v) is 6.61.